The van der Waals surface area contributed by atoms with E-state index in [4.69, 9.17) is 5.26 Å². The van der Waals surface area contributed by atoms with Crippen molar-refractivity contribution in [3.63, 3.8) is 0 Å². The number of carbonyl (C=O) groups is 1. The minimum Gasteiger partial charge on any atom is -0.267 e. The molecule has 4 nitrogen and oxygen atoms in total. The van der Waals surface area contributed by atoms with E-state index in [2.05, 4.69) is 26.5 Å². The minimum absolute atomic E-state index is 0.158. The highest BCUT2D eigenvalue weighted by atomic mass is 79.9. The van der Waals surface area contributed by atoms with Crippen LogP contribution in [0, 0.1) is 17.1 Å². The van der Waals surface area contributed by atoms with Crippen LogP contribution in [0.1, 0.15) is 20.8 Å². The summed E-state index contributed by atoms with van der Waals surface area (Å²) in [5.41, 5.74) is 2.23. The van der Waals surface area contributed by atoms with Crippen molar-refractivity contribution in [3.05, 3.63) is 55.9 Å². The second-order valence-electron chi connectivity index (χ2n) is 3.67. The third kappa shape index (κ3) is 3.50. The number of nitrogens with one attached hydrogen (secondary N) is 1. The second-order valence-corrected chi connectivity index (χ2v) is 5.53. The van der Waals surface area contributed by atoms with Gasteiger partial charge in [0.2, 0.25) is 0 Å². The summed E-state index contributed by atoms with van der Waals surface area (Å²) in [7, 11) is 0. The van der Waals surface area contributed by atoms with Crippen molar-refractivity contribution in [2.24, 2.45) is 5.10 Å². The van der Waals surface area contributed by atoms with E-state index in [0.717, 1.165) is 15.4 Å². The molecular weight excluding hydrogens is 345 g/mol. The smallest absolute Gasteiger partial charge is 0.267 e. The van der Waals surface area contributed by atoms with Gasteiger partial charge in [0.25, 0.3) is 5.91 Å². The lowest BCUT2D eigenvalue weighted by atomic mass is 10.1. The van der Waals surface area contributed by atoms with E-state index in [1.165, 1.54) is 29.7 Å². The van der Waals surface area contributed by atoms with Crippen molar-refractivity contribution in [1.82, 2.24) is 5.43 Å². The van der Waals surface area contributed by atoms with E-state index in [9.17, 15) is 9.18 Å². The molecule has 0 unspecified atom stereocenters. The normalized spacial score (nSPS) is 10.4. The number of nitrogens with zero attached hydrogens (tertiary/aromatic N) is 2. The Labute approximate surface area is 126 Å². The van der Waals surface area contributed by atoms with Crippen molar-refractivity contribution in [3.8, 4) is 6.07 Å². The third-order valence-corrected chi connectivity index (χ3v) is 3.92. The van der Waals surface area contributed by atoms with Gasteiger partial charge in [0.1, 0.15) is 5.82 Å². The molecule has 0 bridgehead atoms. The molecule has 20 heavy (non-hydrogen) atoms. The van der Waals surface area contributed by atoms with Crippen LogP contribution in [0.3, 0.4) is 0 Å². The van der Waals surface area contributed by atoms with Gasteiger partial charge in [0.15, 0.2) is 0 Å². The molecule has 1 N–H and O–H groups in total. The van der Waals surface area contributed by atoms with Crippen LogP contribution in [0.25, 0.3) is 0 Å². The van der Waals surface area contributed by atoms with Gasteiger partial charge in [-0.05, 0) is 40.2 Å². The molecule has 0 fully saturated rings. The van der Waals surface area contributed by atoms with Crippen LogP contribution in [0.15, 0.2) is 39.2 Å². The van der Waals surface area contributed by atoms with Crippen molar-refractivity contribution < 1.29 is 9.18 Å². The van der Waals surface area contributed by atoms with Crippen LogP contribution in [-0.2, 0) is 0 Å². The summed E-state index contributed by atoms with van der Waals surface area (Å²) in [6, 6.07) is 7.26. The highest BCUT2D eigenvalue weighted by molar-refractivity contribution is 9.10. The average Bonchev–Trinajstić information content (AvgIpc) is 2.84. The zero-order valence-electron chi connectivity index (χ0n) is 9.93. The lowest BCUT2D eigenvalue weighted by Crippen LogP contribution is -2.19. The number of benzene rings is 1. The van der Waals surface area contributed by atoms with Gasteiger partial charge in [-0.3, -0.25) is 4.79 Å². The zero-order chi connectivity index (χ0) is 14.5. The molecule has 0 atom stereocenters. The monoisotopic (exact) mass is 351 g/mol. The Morgan fingerprint density at radius 3 is 2.90 bits per heavy atom. The predicted octanol–water partition coefficient (Wildman–Crippen LogP) is 3.29. The molecule has 0 aliphatic carbocycles. The summed E-state index contributed by atoms with van der Waals surface area (Å²) in [6.07, 6.45) is 1.47. The van der Waals surface area contributed by atoms with Gasteiger partial charge in [-0.1, -0.05) is 0 Å². The largest absolute Gasteiger partial charge is 0.274 e. The van der Waals surface area contributed by atoms with Gasteiger partial charge < -0.3 is 0 Å². The molecule has 1 amide bonds. The standard InChI is InChI=1S/C13H7BrFN3OS/c14-9-4-10(20-7-9)6-17-18-13(19)11-2-1-8(5-16)3-12(11)15/h1-4,6-7H,(H,18,19)/b17-6-. The van der Waals surface area contributed by atoms with E-state index >= 15 is 0 Å². The molecule has 100 valence electrons. The van der Waals surface area contributed by atoms with Gasteiger partial charge in [0.05, 0.1) is 23.4 Å². The molecule has 1 aromatic carbocycles. The summed E-state index contributed by atoms with van der Waals surface area (Å²) in [5.74, 6) is -1.42. The number of nitriles is 1. The third-order valence-electron chi connectivity index (χ3n) is 2.29. The maximum Gasteiger partial charge on any atom is 0.274 e. The van der Waals surface area contributed by atoms with Crippen molar-refractivity contribution in [2.45, 2.75) is 0 Å². The molecule has 0 aliphatic rings. The molecule has 0 spiro atoms. The van der Waals surface area contributed by atoms with Crippen LogP contribution < -0.4 is 5.43 Å². The maximum atomic E-state index is 13.6. The summed E-state index contributed by atoms with van der Waals surface area (Å²) in [4.78, 5) is 12.6. The number of amides is 1. The fourth-order valence-electron chi connectivity index (χ4n) is 1.38. The Balaban J connectivity index is 2.05. The topological polar surface area (TPSA) is 65.2 Å². The summed E-state index contributed by atoms with van der Waals surface area (Å²) in [6.45, 7) is 0. The number of rotatable bonds is 3. The quantitative estimate of drug-likeness (QED) is 0.681. The van der Waals surface area contributed by atoms with E-state index in [1.807, 2.05) is 11.4 Å². The van der Waals surface area contributed by atoms with E-state index < -0.39 is 11.7 Å². The summed E-state index contributed by atoms with van der Waals surface area (Å²) < 4.78 is 14.5. The predicted molar refractivity (Wildman–Crippen MR) is 78.2 cm³/mol. The van der Waals surface area contributed by atoms with Gasteiger partial charge in [-0.2, -0.15) is 10.4 Å². The molecule has 0 saturated heterocycles. The maximum absolute atomic E-state index is 13.6. The first kappa shape index (κ1) is 14.4. The van der Waals surface area contributed by atoms with Crippen LogP contribution in [0.2, 0.25) is 0 Å². The van der Waals surface area contributed by atoms with Crippen LogP contribution in [0.5, 0.6) is 0 Å². The molecule has 0 aliphatic heterocycles. The number of thiophene rings is 1. The Kier molecular flexibility index (Phi) is 4.61. The van der Waals surface area contributed by atoms with E-state index in [0.29, 0.717) is 0 Å². The number of halogens is 2. The highest BCUT2D eigenvalue weighted by Crippen LogP contribution is 2.17. The van der Waals surface area contributed by atoms with Crippen LogP contribution in [-0.4, -0.2) is 12.1 Å². The average molecular weight is 352 g/mol. The Hall–Kier alpha value is -2.04. The fraction of sp³-hybridized carbons (Fsp3) is 0. The number of carbonyl (C=O) groups excluding carboxylic acids is 1. The minimum atomic E-state index is -0.754. The van der Waals surface area contributed by atoms with Gasteiger partial charge in [0, 0.05) is 14.7 Å². The van der Waals surface area contributed by atoms with Gasteiger partial charge in [-0.15, -0.1) is 11.3 Å². The van der Waals surface area contributed by atoms with Crippen LogP contribution in [0.4, 0.5) is 4.39 Å². The molecule has 1 heterocycles. The van der Waals surface area contributed by atoms with E-state index in [-0.39, 0.29) is 11.1 Å². The van der Waals surface area contributed by atoms with Gasteiger partial charge >= 0.3 is 0 Å². The number of hydrazone groups is 1. The van der Waals surface area contributed by atoms with Crippen LogP contribution >= 0.6 is 27.3 Å². The number of hydrogen-bond acceptors (Lipinski definition) is 4. The summed E-state index contributed by atoms with van der Waals surface area (Å²) >= 11 is 4.75. The molecule has 7 heteroatoms. The SMILES string of the molecule is N#Cc1ccc(C(=O)N/N=C\c2cc(Br)cs2)c(F)c1. The van der Waals surface area contributed by atoms with Crippen molar-refractivity contribution in [2.75, 3.05) is 0 Å². The molecule has 0 radical (unpaired) electrons. The molecular formula is C13H7BrFN3OS. The lowest BCUT2D eigenvalue weighted by molar-refractivity contribution is 0.0951. The van der Waals surface area contributed by atoms with Gasteiger partial charge in [-0.25, -0.2) is 9.82 Å². The second kappa shape index (κ2) is 6.41. The lowest BCUT2D eigenvalue weighted by Gasteiger charge is -2.01. The molecule has 2 aromatic rings. The first-order chi connectivity index (χ1) is 9.60. The van der Waals surface area contributed by atoms with Crippen molar-refractivity contribution in [1.29, 1.82) is 5.26 Å². The Bertz CT molecular complexity index is 721. The molecule has 0 saturated carbocycles. The Morgan fingerprint density at radius 2 is 2.30 bits per heavy atom. The zero-order valence-corrected chi connectivity index (χ0v) is 12.3. The molecule has 1 aromatic heterocycles. The fourth-order valence-corrected chi connectivity index (χ4v) is 2.68. The van der Waals surface area contributed by atoms with Crippen molar-refractivity contribution >= 4 is 39.4 Å². The molecule has 2 rings (SSSR count). The first-order valence-electron chi connectivity index (χ1n) is 5.37. The van der Waals surface area contributed by atoms with E-state index in [1.54, 1.807) is 6.07 Å². The summed E-state index contributed by atoms with van der Waals surface area (Å²) in [5, 5.41) is 14.2. The first-order valence-corrected chi connectivity index (χ1v) is 7.04. The number of hydrogen-bond donors (Lipinski definition) is 1. The highest BCUT2D eigenvalue weighted by Gasteiger charge is 2.11. The Morgan fingerprint density at radius 1 is 1.50 bits per heavy atom.